The lowest BCUT2D eigenvalue weighted by Crippen LogP contribution is -2.25. The molecular weight excluding hydrogens is 188 g/mol. The molecule has 0 amide bonds. The van der Waals surface area contributed by atoms with Crippen LogP contribution in [0, 0.1) is 0 Å². The zero-order chi connectivity index (χ0) is 10.7. The van der Waals surface area contributed by atoms with E-state index in [1.165, 1.54) is 11.1 Å². The molecule has 3 nitrogen and oxygen atoms in total. The van der Waals surface area contributed by atoms with E-state index in [1.807, 2.05) is 0 Å². The van der Waals surface area contributed by atoms with Gasteiger partial charge < -0.3 is 15.8 Å². The summed E-state index contributed by atoms with van der Waals surface area (Å²) in [6, 6.07) is 6.78. The van der Waals surface area contributed by atoms with Gasteiger partial charge in [-0.05, 0) is 24.1 Å². The van der Waals surface area contributed by atoms with Crippen molar-refractivity contribution in [2.24, 2.45) is 5.73 Å². The highest BCUT2D eigenvalue weighted by Crippen LogP contribution is 2.27. The Bertz CT molecular complexity index is 338. The van der Waals surface area contributed by atoms with Gasteiger partial charge in [-0.3, -0.25) is 0 Å². The second-order valence-electron chi connectivity index (χ2n) is 3.93. The SMILES string of the molecule is CC(NCCN)c1ccc2c(c1)CCO2. The van der Waals surface area contributed by atoms with Crippen molar-refractivity contribution in [2.75, 3.05) is 19.7 Å². The van der Waals surface area contributed by atoms with E-state index in [2.05, 4.69) is 30.4 Å². The Morgan fingerprint density at radius 3 is 3.20 bits per heavy atom. The number of benzene rings is 1. The minimum atomic E-state index is 0.361. The van der Waals surface area contributed by atoms with E-state index in [9.17, 15) is 0 Å². The van der Waals surface area contributed by atoms with Gasteiger partial charge in [-0.15, -0.1) is 0 Å². The molecule has 0 saturated carbocycles. The third-order valence-corrected chi connectivity index (χ3v) is 2.81. The zero-order valence-electron chi connectivity index (χ0n) is 9.12. The summed E-state index contributed by atoms with van der Waals surface area (Å²) in [5.41, 5.74) is 8.10. The molecule has 1 heterocycles. The van der Waals surface area contributed by atoms with Crippen LogP contribution in [0.5, 0.6) is 5.75 Å². The Morgan fingerprint density at radius 2 is 2.40 bits per heavy atom. The maximum Gasteiger partial charge on any atom is 0.122 e. The molecule has 3 N–H and O–H groups in total. The Balaban J connectivity index is 2.08. The molecule has 82 valence electrons. The van der Waals surface area contributed by atoms with Crippen LogP contribution in [0.2, 0.25) is 0 Å². The van der Waals surface area contributed by atoms with Crippen molar-refractivity contribution in [3.05, 3.63) is 29.3 Å². The minimum Gasteiger partial charge on any atom is -0.493 e. The van der Waals surface area contributed by atoms with Crippen LogP contribution in [-0.2, 0) is 6.42 Å². The fraction of sp³-hybridized carbons (Fsp3) is 0.500. The third kappa shape index (κ3) is 2.30. The molecule has 1 unspecified atom stereocenters. The van der Waals surface area contributed by atoms with Crippen LogP contribution in [-0.4, -0.2) is 19.7 Å². The highest BCUT2D eigenvalue weighted by Gasteiger charge is 2.13. The Labute approximate surface area is 90.6 Å². The summed E-state index contributed by atoms with van der Waals surface area (Å²) in [5, 5.41) is 3.37. The van der Waals surface area contributed by atoms with Gasteiger partial charge in [0.05, 0.1) is 6.61 Å². The second kappa shape index (κ2) is 4.64. The van der Waals surface area contributed by atoms with Crippen LogP contribution < -0.4 is 15.8 Å². The molecular formula is C12H18N2O. The van der Waals surface area contributed by atoms with Crippen molar-refractivity contribution < 1.29 is 4.74 Å². The van der Waals surface area contributed by atoms with Crippen LogP contribution in [0.1, 0.15) is 24.1 Å². The first-order chi connectivity index (χ1) is 7.31. The molecule has 0 aromatic heterocycles. The molecule has 1 atom stereocenters. The lowest BCUT2D eigenvalue weighted by molar-refractivity contribution is 0.356. The first-order valence-corrected chi connectivity index (χ1v) is 5.50. The van der Waals surface area contributed by atoms with E-state index in [0.717, 1.165) is 25.3 Å². The maximum atomic E-state index is 5.47. The summed E-state index contributed by atoms with van der Waals surface area (Å²) < 4.78 is 5.47. The number of nitrogens with two attached hydrogens (primary N) is 1. The van der Waals surface area contributed by atoms with Crippen LogP contribution in [0.4, 0.5) is 0 Å². The molecule has 0 radical (unpaired) electrons. The molecule has 0 spiro atoms. The number of fused-ring (bicyclic) bond motifs is 1. The molecule has 0 bridgehead atoms. The molecule has 2 rings (SSSR count). The highest BCUT2D eigenvalue weighted by molar-refractivity contribution is 5.40. The van der Waals surface area contributed by atoms with E-state index in [1.54, 1.807) is 0 Å². The van der Waals surface area contributed by atoms with E-state index in [4.69, 9.17) is 10.5 Å². The van der Waals surface area contributed by atoms with Gasteiger partial charge in [0.2, 0.25) is 0 Å². The van der Waals surface area contributed by atoms with Crippen molar-refractivity contribution in [1.82, 2.24) is 5.32 Å². The lowest BCUT2D eigenvalue weighted by Gasteiger charge is -2.14. The van der Waals surface area contributed by atoms with E-state index < -0.39 is 0 Å². The van der Waals surface area contributed by atoms with Gasteiger partial charge in [0.1, 0.15) is 5.75 Å². The molecule has 0 fully saturated rings. The van der Waals surface area contributed by atoms with Crippen molar-refractivity contribution in [2.45, 2.75) is 19.4 Å². The van der Waals surface area contributed by atoms with E-state index in [0.29, 0.717) is 12.6 Å². The number of nitrogens with one attached hydrogen (secondary N) is 1. The summed E-state index contributed by atoms with van der Waals surface area (Å²) in [7, 11) is 0. The van der Waals surface area contributed by atoms with E-state index >= 15 is 0 Å². The number of rotatable bonds is 4. The summed E-state index contributed by atoms with van der Waals surface area (Å²) in [6.45, 7) is 4.52. The number of hydrogen-bond acceptors (Lipinski definition) is 3. The van der Waals surface area contributed by atoms with Gasteiger partial charge in [-0.1, -0.05) is 12.1 Å². The van der Waals surface area contributed by atoms with Crippen LogP contribution in [0.3, 0.4) is 0 Å². The average Bonchev–Trinajstić information content (AvgIpc) is 2.72. The molecule has 0 saturated heterocycles. The zero-order valence-corrected chi connectivity index (χ0v) is 9.12. The standard InChI is InChI=1S/C12H18N2O/c1-9(14-6-5-13)10-2-3-12-11(8-10)4-7-15-12/h2-3,8-9,14H,4-7,13H2,1H3. The minimum absolute atomic E-state index is 0.361. The van der Waals surface area contributed by atoms with Crippen LogP contribution >= 0.6 is 0 Å². The summed E-state index contributed by atoms with van der Waals surface area (Å²) >= 11 is 0. The van der Waals surface area contributed by atoms with Crippen LogP contribution in [0.15, 0.2) is 18.2 Å². The molecule has 1 aliphatic rings. The van der Waals surface area contributed by atoms with E-state index in [-0.39, 0.29) is 0 Å². The van der Waals surface area contributed by atoms with Gasteiger partial charge in [0.25, 0.3) is 0 Å². The first-order valence-electron chi connectivity index (χ1n) is 5.50. The Hall–Kier alpha value is -1.06. The predicted molar refractivity (Wildman–Crippen MR) is 61.1 cm³/mol. The second-order valence-corrected chi connectivity index (χ2v) is 3.93. The smallest absolute Gasteiger partial charge is 0.122 e. The van der Waals surface area contributed by atoms with Crippen molar-refractivity contribution in [3.8, 4) is 5.75 Å². The average molecular weight is 206 g/mol. The molecule has 1 aromatic rings. The molecule has 0 aliphatic carbocycles. The van der Waals surface area contributed by atoms with Gasteiger partial charge in [0.15, 0.2) is 0 Å². The Kier molecular flexibility index (Phi) is 3.23. The maximum absolute atomic E-state index is 5.47. The fourth-order valence-corrected chi connectivity index (χ4v) is 1.89. The summed E-state index contributed by atoms with van der Waals surface area (Å²) in [4.78, 5) is 0. The first kappa shape index (κ1) is 10.5. The van der Waals surface area contributed by atoms with Crippen molar-refractivity contribution in [1.29, 1.82) is 0 Å². The largest absolute Gasteiger partial charge is 0.493 e. The van der Waals surface area contributed by atoms with Crippen molar-refractivity contribution >= 4 is 0 Å². The van der Waals surface area contributed by atoms with Gasteiger partial charge >= 0.3 is 0 Å². The predicted octanol–water partition coefficient (Wildman–Crippen LogP) is 1.23. The number of ether oxygens (including phenoxy) is 1. The third-order valence-electron chi connectivity index (χ3n) is 2.81. The summed E-state index contributed by atoms with van der Waals surface area (Å²) in [6.07, 6.45) is 1.03. The molecule has 15 heavy (non-hydrogen) atoms. The van der Waals surface area contributed by atoms with Gasteiger partial charge in [-0.25, -0.2) is 0 Å². The van der Waals surface area contributed by atoms with Crippen LogP contribution in [0.25, 0.3) is 0 Å². The molecule has 1 aliphatic heterocycles. The van der Waals surface area contributed by atoms with Gasteiger partial charge in [-0.2, -0.15) is 0 Å². The Morgan fingerprint density at radius 1 is 1.53 bits per heavy atom. The highest BCUT2D eigenvalue weighted by atomic mass is 16.5. The molecule has 1 aromatic carbocycles. The normalized spacial score (nSPS) is 15.9. The molecule has 3 heteroatoms. The summed E-state index contributed by atoms with van der Waals surface area (Å²) in [5.74, 6) is 1.05. The van der Waals surface area contributed by atoms with Crippen molar-refractivity contribution in [3.63, 3.8) is 0 Å². The quantitative estimate of drug-likeness (QED) is 0.779. The van der Waals surface area contributed by atoms with Gasteiger partial charge in [0, 0.05) is 25.6 Å². The topological polar surface area (TPSA) is 47.3 Å². The monoisotopic (exact) mass is 206 g/mol. The lowest BCUT2D eigenvalue weighted by atomic mass is 10.0. The number of hydrogen-bond donors (Lipinski definition) is 2. The fourth-order valence-electron chi connectivity index (χ4n) is 1.89.